The Morgan fingerprint density at radius 3 is 2.71 bits per heavy atom. The highest BCUT2D eigenvalue weighted by atomic mass is 16.2. The van der Waals surface area contributed by atoms with Crippen molar-refractivity contribution in [3.8, 4) is 0 Å². The first kappa shape index (κ1) is 8.55. The highest BCUT2D eigenvalue weighted by Gasteiger charge is 2.19. The average molecular weight is 188 g/mol. The molecule has 1 N–H and O–H groups in total. The van der Waals surface area contributed by atoms with Gasteiger partial charge in [-0.3, -0.25) is 4.79 Å². The van der Waals surface area contributed by atoms with Crippen molar-refractivity contribution in [3.05, 3.63) is 30.3 Å². The number of nitrogens with one attached hydrogen (secondary N) is 1. The molecule has 70 valence electrons. The van der Waals surface area contributed by atoms with Gasteiger partial charge >= 0.3 is 0 Å². The lowest BCUT2D eigenvalue weighted by molar-refractivity contribution is -0.120. The Morgan fingerprint density at radius 1 is 1.29 bits per heavy atom. The molecule has 1 amide bonds. The Kier molecular flexibility index (Phi) is 2.31. The van der Waals surface area contributed by atoms with E-state index in [1.54, 1.807) is 0 Å². The van der Waals surface area contributed by atoms with Gasteiger partial charge < -0.3 is 0 Å². The Balaban J connectivity index is 2.07. The van der Waals surface area contributed by atoms with E-state index in [4.69, 9.17) is 0 Å². The van der Waals surface area contributed by atoms with Crippen molar-refractivity contribution >= 4 is 17.8 Å². The van der Waals surface area contributed by atoms with Gasteiger partial charge in [0.2, 0.25) is 0 Å². The monoisotopic (exact) mass is 188 g/mol. The molecule has 14 heavy (non-hydrogen) atoms. The van der Waals surface area contributed by atoms with Crippen LogP contribution < -0.4 is 5.43 Å². The summed E-state index contributed by atoms with van der Waals surface area (Å²) >= 11 is 0. The van der Waals surface area contributed by atoms with Crippen LogP contribution in [0.5, 0.6) is 0 Å². The summed E-state index contributed by atoms with van der Waals surface area (Å²) in [6, 6.07) is 8.65. The standard InChI is InChI=1S/C9H8N4O/c14-9-8(6-10-13-9)12-11-7-4-2-1-3-5-7/h1-6,8H,(H,13,14)/b12-11+. The van der Waals surface area contributed by atoms with Crippen molar-refractivity contribution in [2.24, 2.45) is 15.3 Å². The zero-order chi connectivity index (χ0) is 9.80. The van der Waals surface area contributed by atoms with Crippen molar-refractivity contribution in [3.63, 3.8) is 0 Å². The van der Waals surface area contributed by atoms with E-state index in [9.17, 15) is 4.79 Å². The largest absolute Gasteiger partial charge is 0.272 e. The number of amides is 1. The third-order valence-electron chi connectivity index (χ3n) is 1.71. The molecule has 1 atom stereocenters. The highest BCUT2D eigenvalue weighted by molar-refractivity contribution is 6.01. The number of carbonyl (C=O) groups is 1. The van der Waals surface area contributed by atoms with Crippen LogP contribution in [0.15, 0.2) is 45.7 Å². The Morgan fingerprint density at radius 2 is 2.07 bits per heavy atom. The molecular weight excluding hydrogens is 180 g/mol. The summed E-state index contributed by atoms with van der Waals surface area (Å²) in [5.41, 5.74) is 3.01. The number of hydrazone groups is 1. The van der Waals surface area contributed by atoms with Crippen LogP contribution in [0, 0.1) is 0 Å². The molecule has 0 saturated carbocycles. The van der Waals surface area contributed by atoms with Crippen molar-refractivity contribution in [1.82, 2.24) is 5.43 Å². The summed E-state index contributed by atoms with van der Waals surface area (Å²) in [5.74, 6) is -0.246. The first-order chi connectivity index (χ1) is 6.86. The number of carbonyl (C=O) groups excluding carboxylic acids is 1. The minimum Gasteiger partial charge on any atom is -0.270 e. The quantitative estimate of drug-likeness (QED) is 0.697. The van der Waals surface area contributed by atoms with Crippen molar-refractivity contribution < 1.29 is 4.79 Å². The SMILES string of the molecule is O=C1NN=CC1/N=N/c1ccccc1. The van der Waals surface area contributed by atoms with Crippen molar-refractivity contribution in [2.45, 2.75) is 6.04 Å². The van der Waals surface area contributed by atoms with Gasteiger partial charge in [-0.05, 0) is 12.1 Å². The second-order valence-electron chi connectivity index (χ2n) is 2.75. The van der Waals surface area contributed by atoms with E-state index in [0.717, 1.165) is 5.69 Å². The molecule has 0 bridgehead atoms. The molecular formula is C9H8N4O. The minimum absolute atomic E-state index is 0.246. The van der Waals surface area contributed by atoms with E-state index in [0.29, 0.717) is 0 Å². The maximum absolute atomic E-state index is 11.0. The molecule has 0 aliphatic carbocycles. The topological polar surface area (TPSA) is 66.2 Å². The molecule has 1 unspecified atom stereocenters. The molecule has 5 heteroatoms. The van der Waals surface area contributed by atoms with Crippen LogP contribution in [-0.2, 0) is 4.79 Å². The van der Waals surface area contributed by atoms with Gasteiger partial charge in [-0.1, -0.05) is 18.2 Å². The Hall–Kier alpha value is -2.04. The number of benzene rings is 1. The summed E-state index contributed by atoms with van der Waals surface area (Å²) in [6.07, 6.45) is 1.43. The van der Waals surface area contributed by atoms with E-state index >= 15 is 0 Å². The lowest BCUT2D eigenvalue weighted by Crippen LogP contribution is -2.22. The smallest absolute Gasteiger partial charge is 0.270 e. The second-order valence-corrected chi connectivity index (χ2v) is 2.75. The lowest BCUT2D eigenvalue weighted by Gasteiger charge is -1.94. The fraction of sp³-hybridized carbons (Fsp3) is 0.111. The molecule has 0 saturated heterocycles. The Labute approximate surface area is 80.5 Å². The van der Waals surface area contributed by atoms with Crippen molar-refractivity contribution in [1.29, 1.82) is 0 Å². The summed E-state index contributed by atoms with van der Waals surface area (Å²) in [5, 5.41) is 11.3. The van der Waals surface area contributed by atoms with E-state index in [1.807, 2.05) is 30.3 Å². The van der Waals surface area contributed by atoms with Crippen LogP contribution in [-0.4, -0.2) is 18.2 Å². The molecule has 0 spiro atoms. The van der Waals surface area contributed by atoms with Gasteiger partial charge in [-0.15, -0.1) is 0 Å². The van der Waals surface area contributed by atoms with Crippen LogP contribution in [0.2, 0.25) is 0 Å². The van der Waals surface area contributed by atoms with Gasteiger partial charge in [-0.2, -0.15) is 15.3 Å². The van der Waals surface area contributed by atoms with Crippen LogP contribution in [0.1, 0.15) is 0 Å². The van der Waals surface area contributed by atoms with E-state index in [1.165, 1.54) is 6.21 Å². The van der Waals surface area contributed by atoms with Gasteiger partial charge in [0.1, 0.15) is 0 Å². The molecule has 0 fully saturated rings. The summed E-state index contributed by atoms with van der Waals surface area (Å²) in [7, 11) is 0. The third-order valence-corrected chi connectivity index (χ3v) is 1.71. The van der Waals surface area contributed by atoms with Gasteiger partial charge in [0, 0.05) is 0 Å². The maximum Gasteiger partial charge on any atom is 0.272 e. The minimum atomic E-state index is -0.588. The first-order valence-electron chi connectivity index (χ1n) is 4.15. The third kappa shape index (κ3) is 1.82. The molecule has 1 aliphatic heterocycles. The van der Waals surface area contributed by atoms with Crippen LogP contribution in [0.4, 0.5) is 5.69 Å². The normalized spacial score (nSPS) is 20.3. The van der Waals surface area contributed by atoms with Crippen molar-refractivity contribution in [2.75, 3.05) is 0 Å². The van der Waals surface area contributed by atoms with E-state index in [-0.39, 0.29) is 5.91 Å². The van der Waals surface area contributed by atoms with E-state index in [2.05, 4.69) is 20.8 Å². The Bertz CT molecular complexity index is 385. The molecule has 1 aromatic rings. The fourth-order valence-corrected chi connectivity index (χ4v) is 1.01. The predicted octanol–water partition coefficient (Wildman–Crippen LogP) is 1.25. The number of azo groups is 1. The number of rotatable bonds is 2. The molecule has 0 aromatic heterocycles. The second kappa shape index (κ2) is 3.78. The number of nitrogens with zero attached hydrogens (tertiary/aromatic N) is 3. The molecule has 1 aliphatic rings. The molecule has 5 nitrogen and oxygen atoms in total. The highest BCUT2D eigenvalue weighted by Crippen LogP contribution is 2.11. The number of hydrogen-bond acceptors (Lipinski definition) is 4. The zero-order valence-corrected chi connectivity index (χ0v) is 7.29. The molecule has 1 aromatic carbocycles. The van der Waals surface area contributed by atoms with Gasteiger partial charge in [0.25, 0.3) is 5.91 Å². The van der Waals surface area contributed by atoms with E-state index < -0.39 is 6.04 Å². The van der Waals surface area contributed by atoms with Gasteiger partial charge in [0.05, 0.1) is 11.9 Å². The van der Waals surface area contributed by atoms with Gasteiger partial charge in [-0.25, -0.2) is 5.43 Å². The predicted molar refractivity (Wildman–Crippen MR) is 51.4 cm³/mol. The molecule has 2 rings (SSSR count). The zero-order valence-electron chi connectivity index (χ0n) is 7.29. The summed E-state index contributed by atoms with van der Waals surface area (Å²) < 4.78 is 0. The first-order valence-corrected chi connectivity index (χ1v) is 4.15. The summed E-state index contributed by atoms with van der Waals surface area (Å²) in [4.78, 5) is 11.0. The van der Waals surface area contributed by atoms with Crippen LogP contribution in [0.3, 0.4) is 0 Å². The lowest BCUT2D eigenvalue weighted by atomic mass is 10.3. The van der Waals surface area contributed by atoms with Crippen LogP contribution in [0.25, 0.3) is 0 Å². The van der Waals surface area contributed by atoms with Gasteiger partial charge in [0.15, 0.2) is 6.04 Å². The fourth-order valence-electron chi connectivity index (χ4n) is 1.01. The molecule has 1 heterocycles. The number of hydrogen-bond donors (Lipinski definition) is 1. The average Bonchev–Trinajstić information content (AvgIpc) is 2.63. The summed E-state index contributed by atoms with van der Waals surface area (Å²) in [6.45, 7) is 0. The van der Waals surface area contributed by atoms with Crippen LogP contribution >= 0.6 is 0 Å². The maximum atomic E-state index is 11.0. The molecule has 0 radical (unpaired) electrons.